The van der Waals surface area contributed by atoms with Crippen molar-refractivity contribution in [1.82, 2.24) is 9.55 Å². The molecule has 0 atom stereocenters. The van der Waals surface area contributed by atoms with Crippen molar-refractivity contribution in [1.29, 1.82) is 0 Å². The second kappa shape index (κ2) is 6.54. The molecule has 0 unspecified atom stereocenters. The summed E-state index contributed by atoms with van der Waals surface area (Å²) in [6.45, 7) is 6.76. The van der Waals surface area contributed by atoms with Crippen LogP contribution in [0.1, 0.15) is 22.3 Å². The van der Waals surface area contributed by atoms with E-state index in [1.807, 2.05) is 5.38 Å². The maximum Gasteiger partial charge on any atom is 0.263 e. The number of rotatable bonds is 3. The minimum absolute atomic E-state index is 0.0202. The third kappa shape index (κ3) is 2.97. The number of aromatic nitrogens is 2. The van der Waals surface area contributed by atoms with Crippen LogP contribution in [0.3, 0.4) is 0 Å². The highest BCUT2D eigenvalue weighted by Crippen LogP contribution is 2.33. The van der Waals surface area contributed by atoms with E-state index in [4.69, 9.17) is 0 Å². The van der Waals surface area contributed by atoms with Crippen molar-refractivity contribution in [3.8, 4) is 11.1 Å². The lowest BCUT2D eigenvalue weighted by Crippen LogP contribution is -2.21. The van der Waals surface area contributed by atoms with Gasteiger partial charge in [-0.15, -0.1) is 11.3 Å². The van der Waals surface area contributed by atoms with E-state index in [0.29, 0.717) is 6.54 Å². The van der Waals surface area contributed by atoms with Crippen LogP contribution in [0.15, 0.2) is 59.0 Å². The molecule has 0 N–H and O–H groups in total. The lowest BCUT2D eigenvalue weighted by molar-refractivity contribution is 0.749. The first-order chi connectivity index (χ1) is 12.5. The molecule has 130 valence electrons. The Labute approximate surface area is 156 Å². The van der Waals surface area contributed by atoms with E-state index in [0.717, 1.165) is 26.9 Å². The van der Waals surface area contributed by atoms with Crippen molar-refractivity contribution in [2.75, 3.05) is 0 Å². The summed E-state index contributed by atoms with van der Waals surface area (Å²) in [7, 11) is 0. The highest BCUT2D eigenvalue weighted by molar-refractivity contribution is 7.17. The van der Waals surface area contributed by atoms with Crippen molar-refractivity contribution < 1.29 is 0 Å². The van der Waals surface area contributed by atoms with Crippen molar-refractivity contribution in [3.63, 3.8) is 0 Å². The Morgan fingerprint density at radius 2 is 1.69 bits per heavy atom. The zero-order valence-electron chi connectivity index (χ0n) is 15.1. The Balaban J connectivity index is 1.84. The van der Waals surface area contributed by atoms with Crippen LogP contribution in [0, 0.1) is 20.8 Å². The molecule has 0 aliphatic heterocycles. The summed E-state index contributed by atoms with van der Waals surface area (Å²) in [4.78, 5) is 18.5. The van der Waals surface area contributed by atoms with E-state index in [-0.39, 0.29) is 5.56 Å². The molecule has 2 aromatic heterocycles. The molecule has 4 aromatic rings. The van der Waals surface area contributed by atoms with Crippen LogP contribution in [0.5, 0.6) is 0 Å². The summed E-state index contributed by atoms with van der Waals surface area (Å²) in [6, 6.07) is 14.6. The predicted molar refractivity (Wildman–Crippen MR) is 109 cm³/mol. The van der Waals surface area contributed by atoms with Gasteiger partial charge in [0, 0.05) is 10.9 Å². The third-order valence-corrected chi connectivity index (χ3v) is 5.59. The van der Waals surface area contributed by atoms with E-state index in [1.54, 1.807) is 10.9 Å². The predicted octanol–water partition coefficient (Wildman–Crippen LogP) is 5.10. The molecule has 4 heteroatoms. The fraction of sp³-hybridized carbons (Fsp3) is 0.182. The van der Waals surface area contributed by atoms with Crippen molar-refractivity contribution in [3.05, 3.63) is 86.8 Å². The largest absolute Gasteiger partial charge is 0.294 e. The number of nitrogens with zero attached hydrogens (tertiary/aromatic N) is 2. The Bertz CT molecular complexity index is 1150. The van der Waals surface area contributed by atoms with E-state index in [2.05, 4.69) is 68.2 Å². The van der Waals surface area contributed by atoms with E-state index in [1.165, 1.54) is 28.0 Å². The molecular formula is C22H20N2OS. The second-order valence-corrected chi connectivity index (χ2v) is 7.67. The SMILES string of the molecule is Cc1ccc(Cn2cnc3scc(-c4ccc(C)cc4C)c3c2=O)cc1. The van der Waals surface area contributed by atoms with Gasteiger partial charge in [0.2, 0.25) is 0 Å². The molecule has 0 fully saturated rings. The molecule has 0 amide bonds. The second-order valence-electron chi connectivity index (χ2n) is 6.81. The first-order valence-electron chi connectivity index (χ1n) is 8.63. The van der Waals surface area contributed by atoms with Gasteiger partial charge in [-0.1, -0.05) is 53.6 Å². The standard InChI is InChI=1S/C22H20N2OS/c1-14-4-7-17(8-5-14)11-24-13-23-21-20(22(24)25)19(12-26-21)18-9-6-15(2)10-16(18)3/h4-10,12-13H,11H2,1-3H3. The van der Waals surface area contributed by atoms with Crippen molar-refractivity contribution in [2.24, 2.45) is 0 Å². The average molecular weight is 360 g/mol. The molecule has 0 bridgehead atoms. The summed E-state index contributed by atoms with van der Waals surface area (Å²) < 4.78 is 1.70. The maximum atomic E-state index is 13.2. The van der Waals surface area contributed by atoms with Gasteiger partial charge in [-0.3, -0.25) is 9.36 Å². The average Bonchev–Trinajstić information content (AvgIpc) is 3.04. The normalized spacial score (nSPS) is 11.2. The Hall–Kier alpha value is -2.72. The van der Waals surface area contributed by atoms with Gasteiger partial charge >= 0.3 is 0 Å². The summed E-state index contributed by atoms with van der Waals surface area (Å²) >= 11 is 1.53. The first kappa shape index (κ1) is 16.7. The molecule has 3 nitrogen and oxygen atoms in total. The maximum absolute atomic E-state index is 13.2. The smallest absolute Gasteiger partial charge is 0.263 e. The van der Waals surface area contributed by atoms with Crippen LogP contribution in [-0.4, -0.2) is 9.55 Å². The van der Waals surface area contributed by atoms with Crippen molar-refractivity contribution in [2.45, 2.75) is 27.3 Å². The van der Waals surface area contributed by atoms with Gasteiger partial charge in [0.05, 0.1) is 18.3 Å². The Kier molecular flexibility index (Phi) is 4.21. The lowest BCUT2D eigenvalue weighted by atomic mass is 9.99. The highest BCUT2D eigenvalue weighted by atomic mass is 32.1. The number of hydrogen-bond acceptors (Lipinski definition) is 3. The molecular weight excluding hydrogens is 340 g/mol. The molecule has 0 aliphatic rings. The van der Waals surface area contributed by atoms with E-state index >= 15 is 0 Å². The monoisotopic (exact) mass is 360 g/mol. The molecule has 0 saturated heterocycles. The highest BCUT2D eigenvalue weighted by Gasteiger charge is 2.15. The fourth-order valence-electron chi connectivity index (χ4n) is 3.28. The molecule has 26 heavy (non-hydrogen) atoms. The van der Waals surface area contributed by atoms with Gasteiger partial charge in [0.1, 0.15) is 4.83 Å². The minimum atomic E-state index is 0.0202. The summed E-state index contributed by atoms with van der Waals surface area (Å²) in [5.74, 6) is 0. The quantitative estimate of drug-likeness (QED) is 0.509. The molecule has 2 heterocycles. The van der Waals surface area contributed by atoms with Gasteiger partial charge in [0.25, 0.3) is 5.56 Å². The van der Waals surface area contributed by atoms with Crippen LogP contribution in [0.25, 0.3) is 21.3 Å². The fourth-order valence-corrected chi connectivity index (χ4v) is 4.18. The number of benzene rings is 2. The molecule has 4 rings (SSSR count). The summed E-state index contributed by atoms with van der Waals surface area (Å²) in [5, 5.41) is 2.77. The molecule has 0 saturated carbocycles. The van der Waals surface area contributed by atoms with Crippen LogP contribution in [-0.2, 0) is 6.54 Å². The van der Waals surface area contributed by atoms with Crippen LogP contribution in [0.2, 0.25) is 0 Å². The van der Waals surface area contributed by atoms with Gasteiger partial charge in [-0.25, -0.2) is 4.98 Å². The molecule has 2 aromatic carbocycles. The number of thiophene rings is 1. The van der Waals surface area contributed by atoms with Gasteiger partial charge in [-0.2, -0.15) is 0 Å². The van der Waals surface area contributed by atoms with E-state index < -0.39 is 0 Å². The lowest BCUT2D eigenvalue weighted by Gasteiger charge is -2.08. The molecule has 0 aliphatic carbocycles. The van der Waals surface area contributed by atoms with Crippen LogP contribution >= 0.6 is 11.3 Å². The summed E-state index contributed by atoms with van der Waals surface area (Å²) in [6.07, 6.45) is 1.66. The molecule has 0 radical (unpaired) electrons. The molecule has 0 spiro atoms. The first-order valence-corrected chi connectivity index (χ1v) is 9.51. The van der Waals surface area contributed by atoms with Gasteiger partial charge in [0.15, 0.2) is 0 Å². The van der Waals surface area contributed by atoms with Gasteiger partial charge < -0.3 is 0 Å². The van der Waals surface area contributed by atoms with Gasteiger partial charge in [-0.05, 0) is 37.5 Å². The Morgan fingerprint density at radius 1 is 0.962 bits per heavy atom. The zero-order valence-corrected chi connectivity index (χ0v) is 15.9. The Morgan fingerprint density at radius 3 is 2.42 bits per heavy atom. The van der Waals surface area contributed by atoms with Crippen LogP contribution in [0.4, 0.5) is 0 Å². The third-order valence-electron chi connectivity index (χ3n) is 4.71. The topological polar surface area (TPSA) is 34.9 Å². The van der Waals surface area contributed by atoms with Crippen LogP contribution < -0.4 is 5.56 Å². The minimum Gasteiger partial charge on any atom is -0.294 e. The number of aryl methyl sites for hydroxylation is 3. The summed E-state index contributed by atoms with van der Waals surface area (Å²) in [5.41, 5.74) is 6.82. The number of hydrogen-bond donors (Lipinski definition) is 0. The number of fused-ring (bicyclic) bond motifs is 1. The van der Waals surface area contributed by atoms with E-state index in [9.17, 15) is 4.79 Å². The zero-order chi connectivity index (χ0) is 18.3. The van der Waals surface area contributed by atoms with Crippen molar-refractivity contribution >= 4 is 21.6 Å².